The van der Waals surface area contributed by atoms with Crippen molar-refractivity contribution in [3.05, 3.63) is 89.2 Å². The summed E-state index contributed by atoms with van der Waals surface area (Å²) >= 11 is 0. The number of aryl methyl sites for hydroxylation is 1. The van der Waals surface area contributed by atoms with Gasteiger partial charge in [-0.15, -0.1) is 0 Å². The van der Waals surface area contributed by atoms with Crippen LogP contribution < -0.4 is 16.4 Å². The first-order valence-electron chi connectivity index (χ1n) is 8.09. The van der Waals surface area contributed by atoms with E-state index in [2.05, 4.69) is 0 Å². The van der Waals surface area contributed by atoms with Crippen LogP contribution in [0.5, 0.6) is 0 Å². The predicted octanol–water partition coefficient (Wildman–Crippen LogP) is 3.46. The van der Waals surface area contributed by atoms with E-state index in [1.165, 1.54) is 30.3 Å². The first kappa shape index (κ1) is 18.2. The maximum absolute atomic E-state index is 14.5. The Hall–Kier alpha value is -2.63. The van der Waals surface area contributed by atoms with E-state index >= 15 is 0 Å². The summed E-state index contributed by atoms with van der Waals surface area (Å²) in [5.74, 6) is -3.71. The lowest BCUT2D eigenvalue weighted by molar-refractivity contribution is 0.587. The van der Waals surface area contributed by atoms with Crippen LogP contribution in [0.25, 0.3) is 0 Å². The number of halogens is 5. The van der Waals surface area contributed by atoms with Crippen molar-refractivity contribution < 1.29 is 22.0 Å². The number of hydrogen-bond acceptors (Lipinski definition) is 0. The number of rotatable bonds is 4. The second kappa shape index (κ2) is 7.32. The number of benzene rings is 3. The van der Waals surface area contributed by atoms with Gasteiger partial charge in [0.15, 0.2) is 0 Å². The zero-order valence-electron chi connectivity index (χ0n) is 13.9. The van der Waals surface area contributed by atoms with Crippen molar-refractivity contribution in [3.63, 3.8) is 0 Å². The van der Waals surface area contributed by atoms with Crippen molar-refractivity contribution in [2.75, 3.05) is 0 Å². The van der Waals surface area contributed by atoms with Crippen molar-refractivity contribution >= 4 is 23.1 Å². The summed E-state index contributed by atoms with van der Waals surface area (Å²) < 4.78 is 69.3. The Morgan fingerprint density at radius 1 is 0.615 bits per heavy atom. The Labute approximate surface area is 148 Å². The van der Waals surface area contributed by atoms with E-state index in [0.29, 0.717) is 29.6 Å². The molecule has 0 aromatic heterocycles. The average Bonchev–Trinajstić information content (AvgIpc) is 2.59. The molecule has 0 amide bonds. The van der Waals surface area contributed by atoms with Gasteiger partial charge < -0.3 is 0 Å². The zero-order valence-corrected chi connectivity index (χ0v) is 13.9. The summed E-state index contributed by atoms with van der Waals surface area (Å²) in [4.78, 5) is 0. The van der Waals surface area contributed by atoms with Crippen LogP contribution in [0.3, 0.4) is 0 Å². The molecular formula is C20H14BF5. The molecule has 0 aliphatic carbocycles. The smallest absolute Gasteiger partial charge is 0.207 e. The molecule has 6 heteroatoms. The average molecular weight is 360 g/mol. The zero-order chi connectivity index (χ0) is 18.8. The maximum atomic E-state index is 14.5. The van der Waals surface area contributed by atoms with Gasteiger partial charge in [0.05, 0.1) is 0 Å². The molecule has 0 radical (unpaired) electrons. The van der Waals surface area contributed by atoms with E-state index in [4.69, 9.17) is 0 Å². The van der Waals surface area contributed by atoms with Gasteiger partial charge in [0.1, 0.15) is 29.1 Å². The summed E-state index contributed by atoms with van der Waals surface area (Å²) in [6.45, 7) is 0.823. The minimum atomic E-state index is -0.966. The van der Waals surface area contributed by atoms with Crippen LogP contribution in [0, 0.1) is 29.1 Å². The first-order valence-corrected chi connectivity index (χ1v) is 8.09. The molecule has 0 aliphatic heterocycles. The minimum Gasteiger partial charge on any atom is -0.207 e. The molecule has 3 aromatic carbocycles. The van der Waals surface area contributed by atoms with Gasteiger partial charge >= 0.3 is 0 Å². The van der Waals surface area contributed by atoms with Crippen LogP contribution in [-0.2, 0) is 6.42 Å². The third-order valence-electron chi connectivity index (χ3n) is 4.34. The Morgan fingerprint density at radius 3 is 1.46 bits per heavy atom. The molecule has 0 atom stereocenters. The fourth-order valence-electron chi connectivity index (χ4n) is 3.14. The largest absolute Gasteiger partial charge is 0.249 e. The van der Waals surface area contributed by atoms with Gasteiger partial charge in [-0.1, -0.05) is 36.1 Å². The molecule has 3 aromatic rings. The Morgan fingerprint density at radius 2 is 1.04 bits per heavy atom. The van der Waals surface area contributed by atoms with Gasteiger partial charge in [-0.2, -0.15) is 0 Å². The molecule has 0 bridgehead atoms. The molecule has 0 spiro atoms. The molecule has 0 saturated carbocycles. The van der Waals surface area contributed by atoms with Crippen LogP contribution in [0.2, 0.25) is 0 Å². The monoisotopic (exact) mass is 360 g/mol. The van der Waals surface area contributed by atoms with Gasteiger partial charge in [0.2, 0.25) is 6.71 Å². The van der Waals surface area contributed by atoms with Gasteiger partial charge in [-0.3, -0.25) is 0 Å². The summed E-state index contributed by atoms with van der Waals surface area (Å²) in [7, 11) is 0. The van der Waals surface area contributed by atoms with Crippen LogP contribution in [0.1, 0.15) is 12.5 Å². The Kier molecular flexibility index (Phi) is 5.12. The quantitative estimate of drug-likeness (QED) is 0.494. The molecule has 0 fully saturated rings. The third-order valence-corrected chi connectivity index (χ3v) is 4.34. The Balaban J connectivity index is 2.29. The summed E-state index contributed by atoms with van der Waals surface area (Å²) in [5, 5.41) is 0. The summed E-state index contributed by atoms with van der Waals surface area (Å²) in [6.07, 6.45) is 0.426. The molecule has 0 heterocycles. The highest BCUT2D eigenvalue weighted by molar-refractivity contribution is 6.95. The van der Waals surface area contributed by atoms with Gasteiger partial charge in [0.25, 0.3) is 0 Å². The molecule has 0 unspecified atom stereocenters. The van der Waals surface area contributed by atoms with E-state index in [1.54, 1.807) is 6.92 Å². The van der Waals surface area contributed by atoms with Crippen molar-refractivity contribution in [1.82, 2.24) is 0 Å². The van der Waals surface area contributed by atoms with Gasteiger partial charge in [-0.25, -0.2) is 22.0 Å². The van der Waals surface area contributed by atoms with Crippen molar-refractivity contribution in [2.45, 2.75) is 13.3 Å². The van der Waals surface area contributed by atoms with Gasteiger partial charge in [0, 0.05) is 12.1 Å². The molecular weight excluding hydrogens is 346 g/mol. The standard InChI is InChI=1S/C20H14BF5/c1-2-12-9-13(22)3-6-16(12)21(17-7-4-14(23)10-19(17)25)18-8-5-15(24)11-20(18)26/h3-11H,2H2,1H3. The molecule has 132 valence electrons. The van der Waals surface area contributed by atoms with Crippen LogP contribution >= 0.6 is 0 Å². The van der Waals surface area contributed by atoms with Crippen molar-refractivity contribution in [3.8, 4) is 0 Å². The molecule has 0 saturated heterocycles. The second-order valence-corrected chi connectivity index (χ2v) is 5.96. The maximum Gasteiger partial charge on any atom is 0.249 e. The SMILES string of the molecule is CCc1cc(F)ccc1B(c1ccc(F)cc1F)c1ccc(F)cc1F. The predicted molar refractivity (Wildman–Crippen MR) is 93.2 cm³/mol. The number of hydrogen-bond donors (Lipinski definition) is 0. The lowest BCUT2D eigenvalue weighted by Gasteiger charge is -2.20. The lowest BCUT2D eigenvalue weighted by Crippen LogP contribution is -2.55. The molecule has 0 nitrogen and oxygen atoms in total. The highest BCUT2D eigenvalue weighted by Crippen LogP contribution is 2.10. The molecule has 26 heavy (non-hydrogen) atoms. The van der Waals surface area contributed by atoms with E-state index in [1.807, 2.05) is 0 Å². The molecule has 0 N–H and O–H groups in total. The molecule has 3 rings (SSSR count). The Bertz CT molecular complexity index is 903. The normalized spacial score (nSPS) is 10.8. The topological polar surface area (TPSA) is 0 Å². The first-order chi connectivity index (χ1) is 12.4. The second-order valence-electron chi connectivity index (χ2n) is 5.96. The fourth-order valence-corrected chi connectivity index (χ4v) is 3.14. The lowest BCUT2D eigenvalue weighted by atomic mass is 9.36. The minimum absolute atomic E-state index is 0.0261. The van der Waals surface area contributed by atoms with Crippen LogP contribution in [0.15, 0.2) is 54.6 Å². The highest BCUT2D eigenvalue weighted by atomic mass is 19.1. The molecule has 0 aliphatic rings. The highest BCUT2D eigenvalue weighted by Gasteiger charge is 2.29. The van der Waals surface area contributed by atoms with Gasteiger partial charge in [-0.05, 0) is 41.6 Å². The van der Waals surface area contributed by atoms with E-state index in [0.717, 1.165) is 12.1 Å². The van der Waals surface area contributed by atoms with Crippen molar-refractivity contribution in [1.29, 1.82) is 0 Å². The summed E-state index contributed by atoms with van der Waals surface area (Å²) in [6, 6.07) is 9.95. The summed E-state index contributed by atoms with van der Waals surface area (Å²) in [5.41, 5.74) is 1.09. The van der Waals surface area contributed by atoms with Crippen LogP contribution in [-0.4, -0.2) is 6.71 Å². The fraction of sp³-hybridized carbons (Fsp3) is 0.100. The van der Waals surface area contributed by atoms with Crippen LogP contribution in [0.4, 0.5) is 22.0 Å². The van der Waals surface area contributed by atoms with E-state index in [9.17, 15) is 22.0 Å². The third kappa shape index (κ3) is 3.50. The van der Waals surface area contributed by atoms with E-state index < -0.39 is 35.8 Å². The van der Waals surface area contributed by atoms with Crippen molar-refractivity contribution in [2.24, 2.45) is 0 Å². The van der Waals surface area contributed by atoms with E-state index in [-0.39, 0.29) is 10.9 Å².